The van der Waals surface area contributed by atoms with Crippen molar-refractivity contribution in [1.82, 2.24) is 0 Å². The molecule has 0 aliphatic heterocycles. The monoisotopic (exact) mass is 228 g/mol. The van der Waals surface area contributed by atoms with Gasteiger partial charge in [-0.15, -0.1) is 0 Å². The molecule has 3 rings (SSSR count). The second kappa shape index (κ2) is 5.10. The van der Waals surface area contributed by atoms with Crippen LogP contribution in [-0.4, -0.2) is 17.6 Å². The maximum atomic E-state index is 4.39. The topological polar surface area (TPSA) is 9.23 Å². The zero-order chi connectivity index (χ0) is 11.4. The molecule has 0 bridgehead atoms. The summed E-state index contributed by atoms with van der Waals surface area (Å²) in [6.07, 6.45) is 5.53. The summed E-state index contributed by atoms with van der Waals surface area (Å²) in [7, 11) is 2.56. The third-order valence-electron chi connectivity index (χ3n) is 2.66. The zero-order valence-corrected chi connectivity index (χ0v) is 11.7. The molecule has 0 atom stereocenters. The highest BCUT2D eigenvalue weighted by molar-refractivity contribution is 5.97. The van der Waals surface area contributed by atoms with Crippen LogP contribution in [0.1, 0.15) is 11.1 Å². The van der Waals surface area contributed by atoms with E-state index in [1.807, 2.05) is 0 Å². The van der Waals surface area contributed by atoms with Crippen molar-refractivity contribution in [3.63, 3.8) is 0 Å². The molecule has 1 nitrogen and oxygen atoms in total. The molecular formula is C14H16OSi. The Bertz CT molecular complexity index is 512. The van der Waals surface area contributed by atoms with Gasteiger partial charge in [-0.05, 0) is 28.3 Å². The SMILES string of the molecule is C1=Cc2cccc3cccc(c23)C1.CO[SiH3]. The Kier molecular flexibility index (Phi) is 3.54. The van der Waals surface area contributed by atoms with E-state index >= 15 is 0 Å². The Morgan fingerprint density at radius 1 is 1.12 bits per heavy atom. The highest BCUT2D eigenvalue weighted by Gasteiger charge is 2.06. The average Bonchev–Trinajstić information content (AvgIpc) is 2.31. The van der Waals surface area contributed by atoms with Crippen LogP contribution in [0.15, 0.2) is 42.5 Å². The van der Waals surface area contributed by atoms with Gasteiger partial charge in [0.15, 0.2) is 0 Å². The highest BCUT2D eigenvalue weighted by Crippen LogP contribution is 2.27. The van der Waals surface area contributed by atoms with E-state index in [1.165, 1.54) is 21.9 Å². The zero-order valence-electron chi connectivity index (χ0n) is 9.73. The predicted octanol–water partition coefficient (Wildman–Crippen LogP) is 2.32. The van der Waals surface area contributed by atoms with Crippen molar-refractivity contribution in [3.8, 4) is 0 Å². The molecule has 0 spiro atoms. The first-order valence-corrected chi connectivity index (χ1v) is 6.25. The third kappa shape index (κ3) is 2.08. The van der Waals surface area contributed by atoms with Crippen LogP contribution in [0.2, 0.25) is 0 Å². The van der Waals surface area contributed by atoms with E-state index < -0.39 is 0 Å². The molecule has 16 heavy (non-hydrogen) atoms. The first-order chi connectivity index (χ1) is 7.86. The highest BCUT2D eigenvalue weighted by atomic mass is 28.2. The molecule has 0 saturated carbocycles. The molecule has 2 aromatic rings. The molecule has 2 heteroatoms. The van der Waals surface area contributed by atoms with Gasteiger partial charge in [0, 0.05) is 7.11 Å². The van der Waals surface area contributed by atoms with Gasteiger partial charge in [0.05, 0.1) is 0 Å². The Hall–Kier alpha value is -1.38. The van der Waals surface area contributed by atoms with Crippen LogP contribution in [0.25, 0.3) is 16.8 Å². The molecule has 82 valence electrons. The minimum absolute atomic E-state index is 0.869. The molecule has 1 aliphatic rings. The summed E-state index contributed by atoms with van der Waals surface area (Å²) in [5.74, 6) is 0. The fourth-order valence-corrected chi connectivity index (χ4v) is 2.07. The van der Waals surface area contributed by atoms with E-state index in [9.17, 15) is 0 Å². The van der Waals surface area contributed by atoms with Crippen LogP contribution in [0.4, 0.5) is 0 Å². The fourth-order valence-electron chi connectivity index (χ4n) is 2.07. The van der Waals surface area contributed by atoms with Crippen molar-refractivity contribution in [2.75, 3.05) is 7.11 Å². The molecule has 0 unspecified atom stereocenters. The lowest BCUT2D eigenvalue weighted by atomic mass is 9.93. The molecule has 0 amide bonds. The predicted molar refractivity (Wildman–Crippen MR) is 73.6 cm³/mol. The summed E-state index contributed by atoms with van der Waals surface area (Å²) in [6.45, 7) is 0. The summed E-state index contributed by atoms with van der Waals surface area (Å²) >= 11 is 0. The lowest BCUT2D eigenvalue weighted by Gasteiger charge is -2.11. The van der Waals surface area contributed by atoms with E-state index in [1.54, 1.807) is 7.11 Å². The first-order valence-electron chi connectivity index (χ1n) is 5.44. The van der Waals surface area contributed by atoms with Crippen LogP contribution in [0.3, 0.4) is 0 Å². The molecule has 0 fully saturated rings. The molecule has 0 radical (unpaired) electrons. The van der Waals surface area contributed by atoms with Gasteiger partial charge < -0.3 is 4.43 Å². The maximum absolute atomic E-state index is 4.39. The summed E-state index contributed by atoms with van der Waals surface area (Å²) in [6, 6.07) is 13.0. The van der Waals surface area contributed by atoms with E-state index in [-0.39, 0.29) is 0 Å². The normalized spacial score (nSPS) is 12.3. The number of benzene rings is 2. The first kappa shape index (κ1) is 11.1. The van der Waals surface area contributed by atoms with E-state index in [0.29, 0.717) is 0 Å². The van der Waals surface area contributed by atoms with Gasteiger partial charge in [0.25, 0.3) is 0 Å². The minimum atomic E-state index is 0.869. The van der Waals surface area contributed by atoms with Crippen molar-refractivity contribution < 1.29 is 4.43 Å². The Balaban J connectivity index is 0.000000292. The molecule has 0 saturated heterocycles. The molecule has 2 aromatic carbocycles. The standard InChI is InChI=1S/C13H10.CH6OSi/c1-4-10-6-2-8-12-9-3-7-11(5-1)13(10)12;1-2-3/h1-8H,9H2;1,3H3. The van der Waals surface area contributed by atoms with Crippen LogP contribution in [0, 0.1) is 0 Å². The third-order valence-corrected chi connectivity index (χ3v) is 2.66. The van der Waals surface area contributed by atoms with E-state index in [4.69, 9.17) is 0 Å². The van der Waals surface area contributed by atoms with E-state index in [0.717, 1.165) is 16.9 Å². The quantitative estimate of drug-likeness (QED) is 0.629. The summed E-state index contributed by atoms with van der Waals surface area (Å²) in [5, 5.41) is 2.80. The van der Waals surface area contributed by atoms with Crippen molar-refractivity contribution in [3.05, 3.63) is 53.6 Å². The number of allylic oxidation sites excluding steroid dienone is 1. The minimum Gasteiger partial charge on any atom is -0.431 e. The van der Waals surface area contributed by atoms with Crippen LogP contribution >= 0.6 is 0 Å². The lowest BCUT2D eigenvalue weighted by Crippen LogP contribution is -1.91. The number of hydrogen-bond donors (Lipinski definition) is 0. The van der Waals surface area contributed by atoms with Crippen molar-refractivity contribution in [2.45, 2.75) is 6.42 Å². The number of hydrogen-bond acceptors (Lipinski definition) is 1. The molecular weight excluding hydrogens is 212 g/mol. The van der Waals surface area contributed by atoms with Gasteiger partial charge >= 0.3 is 0 Å². The van der Waals surface area contributed by atoms with Crippen LogP contribution in [-0.2, 0) is 10.8 Å². The molecule has 0 heterocycles. The van der Waals surface area contributed by atoms with Gasteiger partial charge in [-0.1, -0.05) is 48.6 Å². The Morgan fingerprint density at radius 2 is 1.81 bits per heavy atom. The van der Waals surface area contributed by atoms with Crippen LogP contribution < -0.4 is 0 Å². The van der Waals surface area contributed by atoms with Crippen LogP contribution in [0.5, 0.6) is 0 Å². The number of rotatable bonds is 0. The molecule has 0 aromatic heterocycles. The van der Waals surface area contributed by atoms with Crippen molar-refractivity contribution >= 4 is 27.3 Å². The van der Waals surface area contributed by atoms with Gasteiger partial charge in [-0.3, -0.25) is 0 Å². The smallest absolute Gasteiger partial charge is 0.145 e. The van der Waals surface area contributed by atoms with Gasteiger partial charge in [0.2, 0.25) is 0 Å². The van der Waals surface area contributed by atoms with E-state index in [2.05, 4.69) is 53.0 Å². The summed E-state index contributed by atoms with van der Waals surface area (Å²) < 4.78 is 4.39. The lowest BCUT2D eigenvalue weighted by molar-refractivity contribution is 0.460. The summed E-state index contributed by atoms with van der Waals surface area (Å²) in [4.78, 5) is 0. The second-order valence-electron chi connectivity index (χ2n) is 3.88. The maximum Gasteiger partial charge on any atom is 0.145 e. The summed E-state index contributed by atoms with van der Waals surface area (Å²) in [5.41, 5.74) is 2.81. The molecule has 1 aliphatic carbocycles. The van der Waals surface area contributed by atoms with Gasteiger partial charge in [-0.25, -0.2) is 0 Å². The van der Waals surface area contributed by atoms with Gasteiger partial charge in [0.1, 0.15) is 10.5 Å². The fraction of sp³-hybridized carbons (Fsp3) is 0.143. The largest absolute Gasteiger partial charge is 0.431 e. The van der Waals surface area contributed by atoms with Crippen molar-refractivity contribution in [1.29, 1.82) is 0 Å². The molecule has 0 N–H and O–H groups in total. The van der Waals surface area contributed by atoms with Gasteiger partial charge in [-0.2, -0.15) is 0 Å². The van der Waals surface area contributed by atoms with Crippen molar-refractivity contribution in [2.24, 2.45) is 0 Å². The average molecular weight is 228 g/mol. The second-order valence-corrected chi connectivity index (χ2v) is 4.69. The Labute approximate surface area is 99.3 Å². The Morgan fingerprint density at radius 3 is 2.56 bits per heavy atom.